The Morgan fingerprint density at radius 1 is 0.909 bits per heavy atom. The summed E-state index contributed by atoms with van der Waals surface area (Å²) in [7, 11) is 0. The molecule has 0 saturated carbocycles. The third-order valence-electron chi connectivity index (χ3n) is 4.24. The predicted octanol–water partition coefficient (Wildman–Crippen LogP) is 4.98. The third kappa shape index (κ3) is 11.1. The molecule has 0 aromatic heterocycles. The summed E-state index contributed by atoms with van der Waals surface area (Å²) in [6.07, 6.45) is 18.3. The fraction of sp³-hybridized carbons (Fsp3) is 0.895. The van der Waals surface area contributed by atoms with Crippen molar-refractivity contribution in [3.63, 3.8) is 0 Å². The molecule has 1 aliphatic heterocycles. The maximum atomic E-state index is 8.69. The molecular formula is C19H36O3. The molecule has 0 aliphatic carbocycles. The molecule has 0 amide bonds. The van der Waals surface area contributed by atoms with Crippen LogP contribution in [-0.2, 0) is 9.47 Å². The number of rotatable bonds is 16. The first-order valence-corrected chi connectivity index (χ1v) is 9.43. The van der Waals surface area contributed by atoms with Gasteiger partial charge in [0.15, 0.2) is 6.10 Å². The van der Waals surface area contributed by atoms with E-state index in [0.717, 1.165) is 18.8 Å². The average Bonchev–Trinajstić information content (AvgIpc) is 3.26. The molecule has 1 fully saturated rings. The zero-order chi connectivity index (χ0) is 15.9. The Morgan fingerprint density at radius 3 is 2.00 bits per heavy atom. The van der Waals surface area contributed by atoms with E-state index >= 15 is 0 Å². The van der Waals surface area contributed by atoms with E-state index in [0.29, 0.717) is 6.61 Å². The molecule has 1 aliphatic rings. The van der Waals surface area contributed by atoms with Crippen molar-refractivity contribution in [2.45, 2.75) is 90.1 Å². The summed E-state index contributed by atoms with van der Waals surface area (Å²) in [6, 6.07) is 0. The molecule has 0 radical (unpaired) electrons. The summed E-state index contributed by atoms with van der Waals surface area (Å²) in [5, 5.41) is 8.69. The summed E-state index contributed by atoms with van der Waals surface area (Å²) in [6.45, 7) is 3.81. The van der Waals surface area contributed by atoms with Crippen LogP contribution < -0.4 is 0 Å². The van der Waals surface area contributed by atoms with Crippen LogP contribution in [0.2, 0.25) is 0 Å². The molecule has 1 atom stereocenters. The summed E-state index contributed by atoms with van der Waals surface area (Å²) < 4.78 is 10.8. The molecule has 0 aromatic rings. The summed E-state index contributed by atoms with van der Waals surface area (Å²) in [5.74, 6) is 0.886. The van der Waals surface area contributed by atoms with E-state index in [-0.39, 0.29) is 12.7 Å². The second kappa shape index (κ2) is 14.1. The molecule has 1 unspecified atom stereocenters. The number of ether oxygens (including phenoxy) is 2. The van der Waals surface area contributed by atoms with Gasteiger partial charge in [-0.25, -0.2) is 0 Å². The van der Waals surface area contributed by atoms with Gasteiger partial charge in [0.25, 0.3) is 0 Å². The minimum atomic E-state index is 0.0601. The van der Waals surface area contributed by atoms with Gasteiger partial charge in [-0.1, -0.05) is 77.6 Å². The highest BCUT2D eigenvalue weighted by Gasteiger charge is 2.31. The van der Waals surface area contributed by atoms with Crippen LogP contribution in [0, 0.1) is 0 Å². The predicted molar refractivity (Wildman–Crippen MR) is 91.9 cm³/mol. The van der Waals surface area contributed by atoms with Gasteiger partial charge < -0.3 is 14.6 Å². The van der Waals surface area contributed by atoms with E-state index in [1.165, 1.54) is 70.6 Å². The maximum Gasteiger partial charge on any atom is 0.178 e. The smallest absolute Gasteiger partial charge is 0.178 e. The van der Waals surface area contributed by atoms with Crippen molar-refractivity contribution in [3.05, 3.63) is 11.8 Å². The SMILES string of the molecule is CCCCCCCCCCCCCCOCC1OC1=CCO. The van der Waals surface area contributed by atoms with Gasteiger partial charge in [0.05, 0.1) is 13.2 Å². The highest BCUT2D eigenvalue weighted by atomic mass is 16.6. The zero-order valence-corrected chi connectivity index (χ0v) is 14.5. The number of epoxide rings is 1. The molecule has 1 N–H and O–H groups in total. The van der Waals surface area contributed by atoms with Crippen LogP contribution in [-0.4, -0.2) is 31.0 Å². The molecular weight excluding hydrogens is 276 g/mol. The van der Waals surface area contributed by atoms with E-state index in [2.05, 4.69) is 6.92 Å². The lowest BCUT2D eigenvalue weighted by Gasteiger charge is -2.03. The van der Waals surface area contributed by atoms with Gasteiger partial charge in [0, 0.05) is 6.61 Å². The van der Waals surface area contributed by atoms with Gasteiger partial charge in [-0.2, -0.15) is 0 Å². The molecule has 1 rings (SSSR count). The van der Waals surface area contributed by atoms with Crippen molar-refractivity contribution in [1.82, 2.24) is 0 Å². The quantitative estimate of drug-likeness (QED) is 0.323. The minimum Gasteiger partial charge on any atom is -0.481 e. The van der Waals surface area contributed by atoms with Crippen LogP contribution in [0.1, 0.15) is 84.0 Å². The molecule has 3 nitrogen and oxygen atoms in total. The van der Waals surface area contributed by atoms with E-state index in [1.54, 1.807) is 6.08 Å². The number of aliphatic hydroxyl groups excluding tert-OH is 1. The summed E-state index contributed by atoms with van der Waals surface area (Å²) >= 11 is 0. The van der Waals surface area contributed by atoms with Crippen molar-refractivity contribution in [1.29, 1.82) is 0 Å². The fourth-order valence-corrected chi connectivity index (χ4v) is 2.75. The Labute approximate surface area is 137 Å². The summed E-state index contributed by atoms with van der Waals surface area (Å²) in [4.78, 5) is 0. The van der Waals surface area contributed by atoms with E-state index in [9.17, 15) is 0 Å². The van der Waals surface area contributed by atoms with Gasteiger partial charge in [0.2, 0.25) is 0 Å². The highest BCUT2D eigenvalue weighted by Crippen LogP contribution is 2.26. The Morgan fingerprint density at radius 2 is 1.45 bits per heavy atom. The van der Waals surface area contributed by atoms with Gasteiger partial charge >= 0.3 is 0 Å². The van der Waals surface area contributed by atoms with Crippen molar-refractivity contribution in [3.8, 4) is 0 Å². The molecule has 0 aromatic carbocycles. The Bertz CT molecular complexity index is 276. The monoisotopic (exact) mass is 312 g/mol. The van der Waals surface area contributed by atoms with Gasteiger partial charge in [0.1, 0.15) is 5.76 Å². The van der Waals surface area contributed by atoms with E-state index < -0.39 is 0 Å². The maximum absolute atomic E-state index is 8.69. The molecule has 22 heavy (non-hydrogen) atoms. The van der Waals surface area contributed by atoms with Crippen molar-refractivity contribution < 1.29 is 14.6 Å². The first kappa shape index (κ1) is 19.5. The number of unbranched alkanes of at least 4 members (excludes halogenated alkanes) is 11. The lowest BCUT2D eigenvalue weighted by molar-refractivity contribution is 0.113. The first-order valence-electron chi connectivity index (χ1n) is 9.43. The Kier molecular flexibility index (Phi) is 12.5. The van der Waals surface area contributed by atoms with Crippen LogP contribution in [0.25, 0.3) is 0 Å². The minimum absolute atomic E-state index is 0.0601. The van der Waals surface area contributed by atoms with Gasteiger partial charge in [-0.05, 0) is 12.5 Å². The zero-order valence-electron chi connectivity index (χ0n) is 14.5. The molecule has 1 saturated heterocycles. The largest absolute Gasteiger partial charge is 0.481 e. The number of aliphatic hydroxyl groups is 1. The second-order valence-electron chi connectivity index (χ2n) is 6.36. The fourth-order valence-electron chi connectivity index (χ4n) is 2.75. The molecule has 1 heterocycles. The van der Waals surface area contributed by atoms with Gasteiger partial charge in [-0.15, -0.1) is 0 Å². The lowest BCUT2D eigenvalue weighted by atomic mass is 10.1. The Hall–Kier alpha value is -0.540. The molecule has 0 bridgehead atoms. The number of hydrogen-bond acceptors (Lipinski definition) is 3. The van der Waals surface area contributed by atoms with E-state index in [1.807, 2.05) is 0 Å². The van der Waals surface area contributed by atoms with Crippen molar-refractivity contribution in [2.24, 2.45) is 0 Å². The average molecular weight is 312 g/mol. The van der Waals surface area contributed by atoms with Crippen LogP contribution in [0.5, 0.6) is 0 Å². The van der Waals surface area contributed by atoms with Crippen molar-refractivity contribution >= 4 is 0 Å². The van der Waals surface area contributed by atoms with Gasteiger partial charge in [-0.3, -0.25) is 0 Å². The van der Waals surface area contributed by atoms with Crippen LogP contribution in [0.3, 0.4) is 0 Å². The van der Waals surface area contributed by atoms with Crippen LogP contribution in [0.4, 0.5) is 0 Å². The molecule has 130 valence electrons. The third-order valence-corrected chi connectivity index (χ3v) is 4.24. The topological polar surface area (TPSA) is 42.0 Å². The van der Waals surface area contributed by atoms with Crippen LogP contribution >= 0.6 is 0 Å². The highest BCUT2D eigenvalue weighted by molar-refractivity contribution is 5.13. The first-order chi connectivity index (χ1) is 10.9. The second-order valence-corrected chi connectivity index (χ2v) is 6.36. The number of hydrogen-bond donors (Lipinski definition) is 1. The molecule has 3 heteroatoms. The van der Waals surface area contributed by atoms with Crippen molar-refractivity contribution in [2.75, 3.05) is 19.8 Å². The molecule has 0 spiro atoms. The normalized spacial score (nSPS) is 18.6. The lowest BCUT2D eigenvalue weighted by Crippen LogP contribution is -2.02. The standard InChI is InChI=1S/C19H36O3/c1-2-3-4-5-6-7-8-9-10-11-12-13-16-21-17-19-18(22-19)14-15-20/h14,19-20H,2-13,15-17H2,1H3. The Balaban J connectivity index is 1.68. The van der Waals surface area contributed by atoms with E-state index in [4.69, 9.17) is 14.6 Å². The van der Waals surface area contributed by atoms with Crippen LogP contribution in [0.15, 0.2) is 11.8 Å². The summed E-state index contributed by atoms with van der Waals surface area (Å²) in [5.41, 5.74) is 0.